The van der Waals surface area contributed by atoms with Crippen molar-refractivity contribution in [1.82, 2.24) is 9.97 Å². The average Bonchev–Trinajstić information content (AvgIpc) is 2.65. The summed E-state index contributed by atoms with van der Waals surface area (Å²) in [7, 11) is 0. The number of aromatic nitrogens is 2. The zero-order valence-electron chi connectivity index (χ0n) is 13.2. The maximum absolute atomic E-state index is 12.4. The summed E-state index contributed by atoms with van der Waals surface area (Å²) >= 11 is 11.9. The summed E-state index contributed by atoms with van der Waals surface area (Å²) < 4.78 is 0. The molecule has 3 aromatic rings. The van der Waals surface area contributed by atoms with Crippen LogP contribution in [0.1, 0.15) is 20.7 Å². The van der Waals surface area contributed by atoms with Gasteiger partial charge in [0.1, 0.15) is 0 Å². The quantitative estimate of drug-likeness (QED) is 0.655. The van der Waals surface area contributed by atoms with E-state index in [1.807, 2.05) is 0 Å². The summed E-state index contributed by atoms with van der Waals surface area (Å²) in [5.74, 6) is -0.817. The molecule has 3 rings (SSSR count). The average molecular weight is 387 g/mol. The van der Waals surface area contributed by atoms with Crippen molar-refractivity contribution in [2.24, 2.45) is 0 Å². The number of pyridine rings is 2. The monoisotopic (exact) mass is 386 g/mol. The van der Waals surface area contributed by atoms with Gasteiger partial charge in [0.2, 0.25) is 0 Å². The number of carbonyl (C=O) groups is 2. The number of anilines is 2. The van der Waals surface area contributed by atoms with Gasteiger partial charge >= 0.3 is 0 Å². The number of rotatable bonds is 4. The summed E-state index contributed by atoms with van der Waals surface area (Å²) in [5.41, 5.74) is 1.37. The van der Waals surface area contributed by atoms with Crippen LogP contribution in [0.2, 0.25) is 10.3 Å². The van der Waals surface area contributed by atoms with Crippen LogP contribution in [-0.2, 0) is 0 Å². The van der Waals surface area contributed by atoms with Gasteiger partial charge < -0.3 is 10.6 Å². The van der Waals surface area contributed by atoms with Crippen molar-refractivity contribution in [2.45, 2.75) is 0 Å². The third-order valence-corrected chi connectivity index (χ3v) is 4.00. The van der Waals surface area contributed by atoms with E-state index in [0.717, 1.165) is 0 Å². The number of benzene rings is 1. The normalized spacial score (nSPS) is 10.2. The second-order valence-corrected chi connectivity index (χ2v) is 5.89. The highest BCUT2D eigenvalue weighted by Gasteiger charge is 2.13. The molecule has 2 amide bonds. The Labute approximate surface area is 159 Å². The minimum atomic E-state index is -0.408. The summed E-state index contributed by atoms with van der Waals surface area (Å²) in [5, 5.41) is 5.67. The molecule has 130 valence electrons. The largest absolute Gasteiger partial charge is 0.319 e. The van der Waals surface area contributed by atoms with E-state index in [2.05, 4.69) is 20.6 Å². The Morgan fingerprint density at radius 3 is 1.62 bits per heavy atom. The number of hydrogen-bond donors (Lipinski definition) is 2. The van der Waals surface area contributed by atoms with Crippen molar-refractivity contribution in [1.29, 1.82) is 0 Å². The van der Waals surface area contributed by atoms with Crippen LogP contribution in [0.15, 0.2) is 60.9 Å². The zero-order chi connectivity index (χ0) is 18.5. The standard InChI is InChI=1S/C18H12Cl2N4O2/c19-15-13(6-2-8-21-15)23-17(25)11-4-1-5-12(10-11)18(26)24-14-7-3-9-22-16(14)20/h1-10H,(H,23,25)(H,24,26). The van der Waals surface area contributed by atoms with Gasteiger partial charge in [0.15, 0.2) is 10.3 Å². The first kappa shape index (κ1) is 17.8. The van der Waals surface area contributed by atoms with Crippen LogP contribution in [0, 0.1) is 0 Å². The second kappa shape index (κ2) is 7.95. The smallest absolute Gasteiger partial charge is 0.255 e. The maximum atomic E-state index is 12.4. The molecule has 0 aliphatic rings. The van der Waals surface area contributed by atoms with Crippen LogP contribution in [0.3, 0.4) is 0 Å². The van der Waals surface area contributed by atoms with Gasteiger partial charge in [-0.1, -0.05) is 29.3 Å². The van der Waals surface area contributed by atoms with Crippen LogP contribution in [0.4, 0.5) is 11.4 Å². The molecule has 0 bridgehead atoms. The number of nitrogens with one attached hydrogen (secondary N) is 2. The van der Waals surface area contributed by atoms with Crippen molar-refractivity contribution in [3.8, 4) is 0 Å². The molecule has 2 heterocycles. The maximum Gasteiger partial charge on any atom is 0.255 e. The van der Waals surface area contributed by atoms with Crippen molar-refractivity contribution >= 4 is 46.4 Å². The second-order valence-electron chi connectivity index (χ2n) is 5.17. The fraction of sp³-hybridized carbons (Fsp3) is 0. The van der Waals surface area contributed by atoms with Crippen molar-refractivity contribution in [3.05, 3.63) is 82.4 Å². The first-order chi connectivity index (χ1) is 12.5. The van der Waals surface area contributed by atoms with Crippen LogP contribution in [-0.4, -0.2) is 21.8 Å². The summed E-state index contributed by atoms with van der Waals surface area (Å²) in [6.07, 6.45) is 3.04. The first-order valence-corrected chi connectivity index (χ1v) is 8.24. The van der Waals surface area contributed by atoms with Gasteiger partial charge in [0.05, 0.1) is 11.4 Å². The van der Waals surface area contributed by atoms with Crippen molar-refractivity contribution < 1.29 is 9.59 Å². The number of halogens is 2. The van der Waals surface area contributed by atoms with Crippen LogP contribution >= 0.6 is 23.2 Å². The van der Waals surface area contributed by atoms with E-state index in [4.69, 9.17) is 23.2 Å². The molecule has 26 heavy (non-hydrogen) atoms. The fourth-order valence-electron chi connectivity index (χ4n) is 2.15. The van der Waals surface area contributed by atoms with E-state index in [1.54, 1.807) is 42.5 Å². The van der Waals surface area contributed by atoms with Gasteiger partial charge in [0.25, 0.3) is 11.8 Å². The highest BCUT2D eigenvalue weighted by atomic mass is 35.5. The predicted octanol–water partition coefficient (Wildman–Crippen LogP) is 4.29. The molecule has 1 aromatic carbocycles. The molecule has 2 N–H and O–H groups in total. The molecule has 0 spiro atoms. The van der Waals surface area contributed by atoms with Gasteiger partial charge in [-0.05, 0) is 42.5 Å². The summed E-state index contributed by atoms with van der Waals surface area (Å²) in [4.78, 5) is 32.6. The first-order valence-electron chi connectivity index (χ1n) is 7.48. The molecule has 0 fully saturated rings. The van der Waals surface area contributed by atoms with Crippen LogP contribution in [0.5, 0.6) is 0 Å². The minimum absolute atomic E-state index is 0.181. The molecule has 0 unspecified atom stereocenters. The Morgan fingerprint density at radius 2 is 1.19 bits per heavy atom. The van der Waals surface area contributed by atoms with Gasteiger partial charge in [0, 0.05) is 23.5 Å². The minimum Gasteiger partial charge on any atom is -0.319 e. The van der Waals surface area contributed by atoms with E-state index in [-0.39, 0.29) is 10.3 Å². The molecule has 8 heteroatoms. The van der Waals surface area contributed by atoms with Gasteiger partial charge in [-0.25, -0.2) is 9.97 Å². The molecule has 0 aliphatic heterocycles. The Balaban J connectivity index is 1.77. The summed E-state index contributed by atoms with van der Waals surface area (Å²) in [6, 6.07) is 12.8. The van der Waals surface area contributed by atoms with E-state index in [1.165, 1.54) is 18.5 Å². The molecule has 0 saturated heterocycles. The third-order valence-electron chi connectivity index (χ3n) is 3.40. The van der Waals surface area contributed by atoms with Gasteiger partial charge in [-0.15, -0.1) is 0 Å². The SMILES string of the molecule is O=C(Nc1cccnc1Cl)c1cccc(C(=O)Nc2cccnc2Cl)c1. The molecule has 0 radical (unpaired) electrons. The highest BCUT2D eigenvalue weighted by molar-refractivity contribution is 6.33. The lowest BCUT2D eigenvalue weighted by Crippen LogP contribution is -2.16. The van der Waals surface area contributed by atoms with E-state index in [0.29, 0.717) is 22.5 Å². The Kier molecular flexibility index (Phi) is 5.46. The van der Waals surface area contributed by atoms with E-state index < -0.39 is 11.8 Å². The molecule has 0 atom stereocenters. The van der Waals surface area contributed by atoms with Crippen molar-refractivity contribution in [3.63, 3.8) is 0 Å². The fourth-order valence-corrected chi connectivity index (χ4v) is 2.48. The lowest BCUT2D eigenvalue weighted by atomic mass is 10.1. The van der Waals surface area contributed by atoms with E-state index >= 15 is 0 Å². The summed E-state index contributed by atoms with van der Waals surface area (Å²) in [6.45, 7) is 0. The molecule has 0 aliphatic carbocycles. The lowest BCUT2D eigenvalue weighted by molar-refractivity contribution is 0.102. The molecular weight excluding hydrogens is 375 g/mol. The number of carbonyl (C=O) groups excluding carboxylic acids is 2. The molecule has 6 nitrogen and oxygen atoms in total. The Hall–Kier alpha value is -2.96. The van der Waals surface area contributed by atoms with Crippen LogP contribution in [0.25, 0.3) is 0 Å². The number of hydrogen-bond acceptors (Lipinski definition) is 4. The number of nitrogens with zero attached hydrogens (tertiary/aromatic N) is 2. The number of amides is 2. The molecular formula is C18H12Cl2N4O2. The van der Waals surface area contributed by atoms with Gasteiger partial charge in [-0.3, -0.25) is 9.59 Å². The van der Waals surface area contributed by atoms with E-state index in [9.17, 15) is 9.59 Å². The highest BCUT2D eigenvalue weighted by Crippen LogP contribution is 2.20. The Morgan fingerprint density at radius 1 is 0.731 bits per heavy atom. The Bertz CT molecular complexity index is 904. The van der Waals surface area contributed by atoms with Crippen molar-refractivity contribution in [2.75, 3.05) is 10.6 Å². The topological polar surface area (TPSA) is 84.0 Å². The lowest BCUT2D eigenvalue weighted by Gasteiger charge is -2.09. The zero-order valence-corrected chi connectivity index (χ0v) is 14.8. The third kappa shape index (κ3) is 4.17. The van der Waals surface area contributed by atoms with Gasteiger partial charge in [-0.2, -0.15) is 0 Å². The van der Waals surface area contributed by atoms with Crippen LogP contribution < -0.4 is 10.6 Å². The molecule has 0 saturated carbocycles. The molecule has 2 aromatic heterocycles. The predicted molar refractivity (Wildman–Crippen MR) is 101 cm³/mol.